The minimum Gasteiger partial charge on any atom is -0.486 e. The first-order valence-electron chi connectivity index (χ1n) is 6.91. The molecule has 0 radical (unpaired) electrons. The second-order valence-corrected chi connectivity index (χ2v) is 5.40. The molecule has 5 heteroatoms. The van der Waals surface area contributed by atoms with Crippen molar-refractivity contribution in [1.29, 1.82) is 0 Å². The highest BCUT2D eigenvalue weighted by atomic mass is 16.5. The molecule has 1 aromatic carbocycles. The second kappa shape index (κ2) is 6.52. The zero-order valence-electron chi connectivity index (χ0n) is 12.3. The van der Waals surface area contributed by atoms with Crippen molar-refractivity contribution < 1.29 is 4.74 Å². The van der Waals surface area contributed by atoms with Gasteiger partial charge in [-0.05, 0) is 30.5 Å². The fourth-order valence-electron chi connectivity index (χ4n) is 1.91. The number of aromatic nitrogens is 3. The Morgan fingerprint density at radius 3 is 2.50 bits per heavy atom. The largest absolute Gasteiger partial charge is 0.486 e. The Bertz CT molecular complexity index is 531. The maximum Gasteiger partial charge on any atom is 0.164 e. The van der Waals surface area contributed by atoms with Gasteiger partial charge in [0.25, 0.3) is 0 Å². The summed E-state index contributed by atoms with van der Waals surface area (Å²) in [4.78, 5) is 4.24. The molecule has 0 aliphatic carbocycles. The van der Waals surface area contributed by atoms with Gasteiger partial charge in [-0.15, -0.1) is 0 Å². The number of ether oxygens (including phenoxy) is 1. The third kappa shape index (κ3) is 3.81. The number of hydrogen-bond donors (Lipinski definition) is 1. The topological polar surface area (TPSA) is 66.0 Å². The molecule has 2 aromatic rings. The maximum absolute atomic E-state index is 5.82. The molecule has 0 unspecified atom stereocenters. The van der Waals surface area contributed by atoms with Crippen LogP contribution in [0.3, 0.4) is 0 Å². The first-order valence-corrected chi connectivity index (χ1v) is 6.91. The van der Waals surface area contributed by atoms with Crippen LogP contribution in [-0.4, -0.2) is 14.8 Å². The van der Waals surface area contributed by atoms with E-state index in [4.69, 9.17) is 10.5 Å². The van der Waals surface area contributed by atoms with Gasteiger partial charge in [0.05, 0.1) is 0 Å². The molecular weight excluding hydrogens is 252 g/mol. The minimum absolute atomic E-state index is 0.0400. The molecule has 0 saturated heterocycles. The number of hydrogen-bond acceptors (Lipinski definition) is 4. The predicted octanol–water partition coefficient (Wildman–Crippen LogP) is 2.53. The molecule has 1 atom stereocenters. The van der Waals surface area contributed by atoms with E-state index in [2.05, 4.69) is 23.9 Å². The van der Waals surface area contributed by atoms with Crippen LogP contribution in [0.4, 0.5) is 0 Å². The molecule has 1 heterocycles. The monoisotopic (exact) mass is 274 g/mol. The maximum atomic E-state index is 5.82. The summed E-state index contributed by atoms with van der Waals surface area (Å²) in [6, 6.07) is 7.87. The van der Waals surface area contributed by atoms with E-state index < -0.39 is 0 Å². The molecule has 0 aliphatic rings. The van der Waals surface area contributed by atoms with Crippen molar-refractivity contribution in [3.05, 3.63) is 42.0 Å². The summed E-state index contributed by atoms with van der Waals surface area (Å²) in [5.41, 5.74) is 6.92. The number of rotatable bonds is 6. The van der Waals surface area contributed by atoms with Crippen molar-refractivity contribution >= 4 is 0 Å². The fourth-order valence-corrected chi connectivity index (χ4v) is 1.91. The second-order valence-electron chi connectivity index (χ2n) is 5.40. The average molecular weight is 274 g/mol. The third-order valence-electron chi connectivity index (χ3n) is 3.01. The van der Waals surface area contributed by atoms with Crippen molar-refractivity contribution in [2.45, 2.75) is 40.0 Å². The van der Waals surface area contributed by atoms with Crippen LogP contribution >= 0.6 is 0 Å². The normalized spacial score (nSPS) is 12.7. The molecule has 108 valence electrons. The zero-order valence-corrected chi connectivity index (χ0v) is 12.3. The molecule has 1 aromatic heterocycles. The third-order valence-corrected chi connectivity index (χ3v) is 3.01. The lowest BCUT2D eigenvalue weighted by atomic mass is 10.1. The van der Waals surface area contributed by atoms with Crippen LogP contribution in [0.2, 0.25) is 0 Å². The van der Waals surface area contributed by atoms with E-state index in [1.165, 1.54) is 0 Å². The molecule has 5 nitrogen and oxygen atoms in total. The Morgan fingerprint density at radius 2 is 1.90 bits per heavy atom. The van der Waals surface area contributed by atoms with Crippen LogP contribution in [0, 0.1) is 5.92 Å². The summed E-state index contributed by atoms with van der Waals surface area (Å²) in [5.74, 6) is 2.18. The Hall–Kier alpha value is -1.88. The lowest BCUT2D eigenvalue weighted by Gasteiger charge is -2.10. The van der Waals surface area contributed by atoms with Crippen LogP contribution < -0.4 is 10.5 Å². The minimum atomic E-state index is 0.0400. The van der Waals surface area contributed by atoms with Crippen LogP contribution in [0.1, 0.15) is 38.2 Å². The van der Waals surface area contributed by atoms with Gasteiger partial charge in [-0.25, -0.2) is 9.67 Å². The first kappa shape index (κ1) is 14.5. The van der Waals surface area contributed by atoms with Crippen LogP contribution in [0.25, 0.3) is 0 Å². The van der Waals surface area contributed by atoms with Gasteiger partial charge in [0.15, 0.2) is 5.82 Å². The highest BCUT2D eigenvalue weighted by molar-refractivity contribution is 5.28. The molecule has 0 bridgehead atoms. The number of nitrogens with two attached hydrogens (primary N) is 1. The smallest absolute Gasteiger partial charge is 0.164 e. The highest BCUT2D eigenvalue weighted by Gasteiger charge is 2.07. The van der Waals surface area contributed by atoms with E-state index in [1.807, 2.05) is 35.9 Å². The SMILES string of the molecule is CC(C)Cn1ncnc1COc1ccc([C@@H](C)N)cc1. The summed E-state index contributed by atoms with van der Waals surface area (Å²) in [6.45, 7) is 7.54. The Labute approximate surface area is 119 Å². The number of nitrogens with zero attached hydrogens (tertiary/aromatic N) is 3. The average Bonchev–Trinajstić information content (AvgIpc) is 2.83. The van der Waals surface area contributed by atoms with Crippen molar-refractivity contribution in [2.75, 3.05) is 0 Å². The van der Waals surface area contributed by atoms with Crippen molar-refractivity contribution in [2.24, 2.45) is 11.7 Å². The molecule has 0 aliphatic heterocycles. The Morgan fingerprint density at radius 1 is 1.20 bits per heavy atom. The summed E-state index contributed by atoms with van der Waals surface area (Å²) in [5, 5.41) is 4.21. The lowest BCUT2D eigenvalue weighted by Crippen LogP contribution is -2.12. The van der Waals surface area contributed by atoms with Crippen LogP contribution in [0.5, 0.6) is 5.75 Å². The summed E-state index contributed by atoms with van der Waals surface area (Å²) in [6.07, 6.45) is 1.57. The summed E-state index contributed by atoms with van der Waals surface area (Å²) < 4.78 is 7.63. The standard InChI is InChI=1S/C15H22N4O/c1-11(2)8-19-15(17-10-18-19)9-20-14-6-4-13(5-7-14)12(3)16/h4-7,10-12H,8-9,16H2,1-3H3/t12-/m1/s1. The van der Waals surface area contributed by atoms with Crippen molar-refractivity contribution in [3.63, 3.8) is 0 Å². The van der Waals surface area contributed by atoms with Gasteiger partial charge in [-0.3, -0.25) is 0 Å². The first-order chi connectivity index (χ1) is 9.56. The van der Waals surface area contributed by atoms with E-state index in [9.17, 15) is 0 Å². The quantitative estimate of drug-likeness (QED) is 0.879. The van der Waals surface area contributed by atoms with Gasteiger partial charge in [0, 0.05) is 12.6 Å². The summed E-state index contributed by atoms with van der Waals surface area (Å²) in [7, 11) is 0. The molecule has 2 N–H and O–H groups in total. The number of benzene rings is 1. The highest BCUT2D eigenvalue weighted by Crippen LogP contribution is 2.17. The van der Waals surface area contributed by atoms with Crippen LogP contribution in [0.15, 0.2) is 30.6 Å². The molecule has 0 fully saturated rings. The molecular formula is C15H22N4O. The fraction of sp³-hybridized carbons (Fsp3) is 0.467. The van der Waals surface area contributed by atoms with Crippen LogP contribution in [-0.2, 0) is 13.2 Å². The van der Waals surface area contributed by atoms with Gasteiger partial charge >= 0.3 is 0 Å². The molecule has 0 saturated carbocycles. The summed E-state index contributed by atoms with van der Waals surface area (Å²) >= 11 is 0. The van der Waals surface area contributed by atoms with E-state index >= 15 is 0 Å². The van der Waals surface area contributed by atoms with Crippen molar-refractivity contribution in [1.82, 2.24) is 14.8 Å². The predicted molar refractivity (Wildman–Crippen MR) is 78.2 cm³/mol. The van der Waals surface area contributed by atoms with E-state index in [0.29, 0.717) is 12.5 Å². The lowest BCUT2D eigenvalue weighted by molar-refractivity contribution is 0.282. The van der Waals surface area contributed by atoms with Gasteiger partial charge in [-0.2, -0.15) is 5.10 Å². The van der Waals surface area contributed by atoms with E-state index in [1.54, 1.807) is 6.33 Å². The van der Waals surface area contributed by atoms with E-state index in [0.717, 1.165) is 23.7 Å². The van der Waals surface area contributed by atoms with Crippen molar-refractivity contribution in [3.8, 4) is 5.75 Å². The Kier molecular flexibility index (Phi) is 4.74. The van der Waals surface area contributed by atoms with Gasteiger partial charge in [0.2, 0.25) is 0 Å². The van der Waals surface area contributed by atoms with Gasteiger partial charge < -0.3 is 10.5 Å². The molecule has 0 amide bonds. The molecule has 0 spiro atoms. The molecule has 20 heavy (non-hydrogen) atoms. The zero-order chi connectivity index (χ0) is 14.5. The van der Waals surface area contributed by atoms with E-state index in [-0.39, 0.29) is 6.04 Å². The molecule has 2 rings (SSSR count). The van der Waals surface area contributed by atoms with Gasteiger partial charge in [0.1, 0.15) is 18.7 Å². The Balaban J connectivity index is 1.96. The van der Waals surface area contributed by atoms with Gasteiger partial charge in [-0.1, -0.05) is 26.0 Å².